The van der Waals surface area contributed by atoms with Crippen molar-refractivity contribution in [2.75, 3.05) is 0 Å². The van der Waals surface area contributed by atoms with Crippen LogP contribution in [0.3, 0.4) is 0 Å². The van der Waals surface area contributed by atoms with E-state index in [-0.39, 0.29) is 0 Å². The van der Waals surface area contributed by atoms with Crippen LogP contribution < -0.4 is 31.8 Å². The van der Waals surface area contributed by atoms with Gasteiger partial charge in [-0.05, 0) is 68.5 Å². The number of hydrogen-bond acceptors (Lipinski definition) is 2. The molecule has 8 rings (SSSR count). The minimum absolute atomic E-state index is 1.10. The number of benzene rings is 6. The van der Waals surface area contributed by atoms with E-state index in [9.17, 15) is 0 Å². The van der Waals surface area contributed by atoms with Crippen LogP contribution in [0.4, 0.5) is 0 Å². The van der Waals surface area contributed by atoms with E-state index in [1.54, 1.807) is 0 Å². The first kappa shape index (κ1) is 30.1. The second-order valence-electron chi connectivity index (χ2n) is 12.1. The van der Waals surface area contributed by atoms with Gasteiger partial charge in [-0.1, -0.05) is 158 Å². The van der Waals surface area contributed by atoms with E-state index < -0.39 is 13.8 Å². The van der Waals surface area contributed by atoms with Crippen molar-refractivity contribution < 1.29 is 0 Å². The fourth-order valence-corrected chi connectivity index (χ4v) is 13.4. The molecule has 4 heteroatoms. The van der Waals surface area contributed by atoms with Crippen LogP contribution in [-0.2, 0) is 0 Å². The van der Waals surface area contributed by atoms with Crippen molar-refractivity contribution >= 4 is 79.7 Å². The van der Waals surface area contributed by atoms with Gasteiger partial charge in [-0.3, -0.25) is 9.97 Å². The van der Waals surface area contributed by atoms with Crippen molar-refractivity contribution in [1.29, 1.82) is 0 Å². The molecule has 2 aromatic heterocycles. The van der Waals surface area contributed by atoms with E-state index >= 15 is 0 Å². The molecule has 0 amide bonds. The summed E-state index contributed by atoms with van der Waals surface area (Å²) in [6.45, 7) is -4.87. The summed E-state index contributed by atoms with van der Waals surface area (Å²) in [7, 11) is 0. The van der Waals surface area contributed by atoms with Crippen LogP contribution >= 0.6 is 13.8 Å². The van der Waals surface area contributed by atoms with Gasteiger partial charge in [0, 0.05) is 46.7 Å². The zero-order chi connectivity index (χ0) is 32.6. The number of hydrogen-bond donors (Lipinski definition) is 0. The summed E-state index contributed by atoms with van der Waals surface area (Å²) in [6, 6.07) is 56.6. The topological polar surface area (TPSA) is 25.8 Å². The summed E-state index contributed by atoms with van der Waals surface area (Å²) in [5.41, 5.74) is 2.32. The van der Waals surface area contributed by atoms with Gasteiger partial charge in [0.25, 0.3) is 0 Å². The number of nitrogens with zero attached hydrogens (tertiary/aromatic N) is 2. The highest BCUT2D eigenvalue weighted by atomic mass is 31.2. The average molecular weight is 653 g/mol. The van der Waals surface area contributed by atoms with Crippen LogP contribution in [0, 0.1) is 0 Å². The second kappa shape index (κ2) is 12.4. The molecule has 0 aliphatic carbocycles. The third kappa shape index (κ3) is 4.89. The lowest BCUT2D eigenvalue weighted by atomic mass is 9.95. The Kier molecular flexibility index (Phi) is 7.78. The zero-order valence-corrected chi connectivity index (χ0v) is 28.3. The first-order chi connectivity index (χ1) is 23.6. The summed E-state index contributed by atoms with van der Waals surface area (Å²) >= 11 is 0. The Labute approximate surface area is 282 Å². The van der Waals surface area contributed by atoms with E-state index in [0.717, 1.165) is 32.7 Å². The standard InChI is InChI=1S/C44H34N2P2/c1-47(35-15-7-3-8-16-35,36-17-9-4-10-18-36)41-25-23-33-27-29-45-31-39(33)43(41)44-40-32-46-30-28-34(40)24-26-42(44)48(2,37-19-11-5-12-20-37)38-21-13-6-14-22-38/h3-32H,1-2H2. The quantitative estimate of drug-likeness (QED) is 0.164. The third-order valence-corrected chi connectivity index (χ3v) is 16.6. The SMILES string of the molecule is C=P(c1ccccc1)(c1ccccc1)c1ccc2ccncc2c1-c1c(P(=C)(c2ccccc2)c2ccccc2)ccc2ccncc12. The maximum absolute atomic E-state index is 5.23. The number of aromatic nitrogens is 2. The van der Waals surface area contributed by atoms with Gasteiger partial charge < -0.3 is 0 Å². The molecule has 6 aromatic carbocycles. The first-order valence-electron chi connectivity index (χ1n) is 16.0. The smallest absolute Gasteiger partial charge is 0.0352 e. The van der Waals surface area contributed by atoms with Gasteiger partial charge in [-0.15, -0.1) is 0 Å². The van der Waals surface area contributed by atoms with E-state index in [4.69, 9.17) is 22.6 Å². The Bertz CT molecular complexity index is 2230. The van der Waals surface area contributed by atoms with Gasteiger partial charge in [0.05, 0.1) is 0 Å². The van der Waals surface area contributed by atoms with Crippen LogP contribution in [0.15, 0.2) is 183 Å². The number of fused-ring (bicyclic) bond motifs is 2. The van der Waals surface area contributed by atoms with Crippen molar-refractivity contribution in [3.63, 3.8) is 0 Å². The normalized spacial score (nSPS) is 11.9. The summed E-state index contributed by atoms with van der Waals surface area (Å²) in [4.78, 5) is 9.45. The number of pyridine rings is 2. The highest BCUT2D eigenvalue weighted by Crippen LogP contribution is 2.51. The van der Waals surface area contributed by atoms with Crippen LogP contribution in [0.1, 0.15) is 0 Å². The summed E-state index contributed by atoms with van der Waals surface area (Å²) < 4.78 is 0. The van der Waals surface area contributed by atoms with Gasteiger partial charge in [-0.25, -0.2) is 0 Å². The lowest BCUT2D eigenvalue weighted by molar-refractivity contribution is 1.36. The highest BCUT2D eigenvalue weighted by Gasteiger charge is 2.32. The Morgan fingerprint density at radius 3 is 0.979 bits per heavy atom. The largest absolute Gasteiger partial charge is 0.264 e. The molecule has 2 heterocycles. The Balaban J connectivity index is 1.59. The van der Waals surface area contributed by atoms with Crippen molar-refractivity contribution in [2.24, 2.45) is 0 Å². The van der Waals surface area contributed by atoms with Crippen LogP contribution in [0.5, 0.6) is 0 Å². The fraction of sp³-hybridized carbons (Fsp3) is 0. The maximum atomic E-state index is 5.23. The Hall–Kier alpha value is -5.26. The highest BCUT2D eigenvalue weighted by molar-refractivity contribution is 7.94. The maximum Gasteiger partial charge on any atom is 0.0352 e. The molecule has 230 valence electrons. The molecular formula is C44H34N2P2. The van der Waals surface area contributed by atoms with Gasteiger partial charge in [0.15, 0.2) is 0 Å². The molecule has 2 nitrogen and oxygen atoms in total. The molecule has 0 aliphatic rings. The molecular weight excluding hydrogens is 618 g/mol. The van der Waals surface area contributed by atoms with Gasteiger partial charge >= 0.3 is 0 Å². The minimum Gasteiger partial charge on any atom is -0.264 e. The van der Waals surface area contributed by atoms with E-state index in [1.165, 1.54) is 31.8 Å². The second-order valence-corrected chi connectivity index (χ2v) is 18.3. The molecule has 0 spiro atoms. The molecule has 48 heavy (non-hydrogen) atoms. The summed E-state index contributed by atoms with van der Waals surface area (Å²) in [5.74, 6) is 0. The lowest BCUT2D eigenvalue weighted by Gasteiger charge is -2.33. The predicted octanol–water partition coefficient (Wildman–Crippen LogP) is 7.90. The predicted molar refractivity (Wildman–Crippen MR) is 214 cm³/mol. The van der Waals surface area contributed by atoms with Crippen molar-refractivity contribution in [1.82, 2.24) is 9.97 Å². The molecule has 0 fully saturated rings. The average Bonchev–Trinajstić information content (AvgIpc) is 3.18. The lowest BCUT2D eigenvalue weighted by Crippen LogP contribution is -2.30. The van der Waals surface area contributed by atoms with E-state index in [2.05, 4.69) is 158 Å². The number of rotatable bonds is 7. The molecule has 0 bridgehead atoms. The third-order valence-electron chi connectivity index (χ3n) is 9.46. The van der Waals surface area contributed by atoms with E-state index in [1.807, 2.05) is 24.8 Å². The zero-order valence-electron chi connectivity index (χ0n) is 26.5. The van der Waals surface area contributed by atoms with Crippen molar-refractivity contribution in [2.45, 2.75) is 0 Å². The van der Waals surface area contributed by atoms with Crippen LogP contribution in [0.25, 0.3) is 32.7 Å². The summed E-state index contributed by atoms with van der Waals surface area (Å²) in [6.07, 6.45) is 18.3. The molecule has 0 saturated carbocycles. The molecule has 0 radical (unpaired) electrons. The molecule has 0 atom stereocenters. The van der Waals surface area contributed by atoms with Crippen molar-refractivity contribution in [3.05, 3.63) is 183 Å². The van der Waals surface area contributed by atoms with Gasteiger partial charge in [0.2, 0.25) is 0 Å². The molecule has 8 aromatic rings. The molecule has 0 aliphatic heterocycles. The Morgan fingerprint density at radius 1 is 0.354 bits per heavy atom. The van der Waals surface area contributed by atoms with Crippen molar-refractivity contribution in [3.8, 4) is 11.1 Å². The molecule has 0 unspecified atom stereocenters. The minimum atomic E-state index is -2.43. The van der Waals surface area contributed by atoms with Crippen LogP contribution in [0.2, 0.25) is 0 Å². The summed E-state index contributed by atoms with van der Waals surface area (Å²) in [5, 5.41) is 11.8. The van der Waals surface area contributed by atoms with E-state index in [0.29, 0.717) is 0 Å². The van der Waals surface area contributed by atoms with Crippen LogP contribution in [-0.4, -0.2) is 22.6 Å². The Morgan fingerprint density at radius 2 is 0.667 bits per heavy atom. The first-order valence-corrected chi connectivity index (χ1v) is 20.0. The fourth-order valence-electron chi connectivity index (χ4n) is 7.04. The molecule has 0 N–H and O–H groups in total. The monoisotopic (exact) mass is 652 g/mol. The van der Waals surface area contributed by atoms with Gasteiger partial charge in [-0.2, -0.15) is 0 Å². The van der Waals surface area contributed by atoms with Gasteiger partial charge in [0.1, 0.15) is 0 Å². The molecule has 0 saturated heterocycles.